The quantitative estimate of drug-likeness (QED) is 0.689. The third-order valence-corrected chi connectivity index (χ3v) is 2.93. The molecule has 0 radical (unpaired) electrons. The summed E-state index contributed by atoms with van der Waals surface area (Å²) in [6.07, 6.45) is 0. The molecule has 0 aromatic heterocycles. The lowest BCUT2D eigenvalue weighted by molar-refractivity contribution is 0.0953. The molecule has 0 bridgehead atoms. The number of hydrogen-bond donors (Lipinski definition) is 3. The van der Waals surface area contributed by atoms with E-state index in [0.29, 0.717) is 5.56 Å². The van der Waals surface area contributed by atoms with Crippen molar-refractivity contribution in [3.8, 4) is 5.75 Å². The minimum Gasteiger partial charge on any atom is -0.507 e. The van der Waals surface area contributed by atoms with E-state index in [4.69, 9.17) is 5.14 Å². The first-order valence-corrected chi connectivity index (χ1v) is 6.60. The van der Waals surface area contributed by atoms with Crippen molar-refractivity contribution in [2.75, 3.05) is 12.3 Å². The summed E-state index contributed by atoms with van der Waals surface area (Å²) in [6.45, 7) is 1.57. The summed E-state index contributed by atoms with van der Waals surface area (Å²) >= 11 is 0. The van der Waals surface area contributed by atoms with Crippen molar-refractivity contribution in [2.45, 2.75) is 6.92 Å². The van der Waals surface area contributed by atoms with Gasteiger partial charge < -0.3 is 10.4 Å². The van der Waals surface area contributed by atoms with Gasteiger partial charge in [0.05, 0.1) is 11.3 Å². The molecule has 7 heteroatoms. The van der Waals surface area contributed by atoms with E-state index in [-0.39, 0.29) is 23.6 Å². The standard InChI is InChI=1S/C10H14N2O4S/c1-7-3-2-4-8(9(7)13)10(14)12-5-6-17(11,15)16/h2-4,13H,5-6H2,1H3,(H,12,14)(H2,11,15,16). The van der Waals surface area contributed by atoms with Gasteiger partial charge in [-0.05, 0) is 18.6 Å². The van der Waals surface area contributed by atoms with E-state index in [0.717, 1.165) is 0 Å². The molecule has 94 valence electrons. The average molecular weight is 258 g/mol. The third-order valence-electron chi connectivity index (χ3n) is 2.15. The van der Waals surface area contributed by atoms with Gasteiger partial charge in [0.25, 0.3) is 5.91 Å². The molecule has 0 atom stereocenters. The number of primary sulfonamides is 1. The lowest BCUT2D eigenvalue weighted by atomic mass is 10.1. The lowest BCUT2D eigenvalue weighted by Gasteiger charge is -2.07. The molecule has 0 saturated carbocycles. The average Bonchev–Trinajstić information content (AvgIpc) is 2.20. The second kappa shape index (κ2) is 5.15. The van der Waals surface area contributed by atoms with E-state index < -0.39 is 15.9 Å². The van der Waals surface area contributed by atoms with Crippen LogP contribution in [0.1, 0.15) is 15.9 Å². The Morgan fingerprint density at radius 1 is 1.47 bits per heavy atom. The molecule has 0 spiro atoms. The van der Waals surface area contributed by atoms with Crippen LogP contribution in [0, 0.1) is 6.92 Å². The van der Waals surface area contributed by atoms with Crippen molar-refractivity contribution in [1.82, 2.24) is 5.32 Å². The summed E-state index contributed by atoms with van der Waals surface area (Å²) in [5.74, 6) is -0.985. The number of nitrogens with one attached hydrogen (secondary N) is 1. The number of para-hydroxylation sites is 1. The van der Waals surface area contributed by atoms with Gasteiger partial charge in [-0.2, -0.15) is 0 Å². The van der Waals surface area contributed by atoms with Crippen molar-refractivity contribution in [2.24, 2.45) is 5.14 Å². The Morgan fingerprint density at radius 2 is 2.12 bits per heavy atom. The monoisotopic (exact) mass is 258 g/mol. The Morgan fingerprint density at radius 3 is 2.71 bits per heavy atom. The van der Waals surface area contributed by atoms with Crippen LogP contribution in [0.3, 0.4) is 0 Å². The van der Waals surface area contributed by atoms with E-state index in [9.17, 15) is 18.3 Å². The van der Waals surface area contributed by atoms with Gasteiger partial charge in [-0.25, -0.2) is 13.6 Å². The summed E-state index contributed by atoms with van der Waals surface area (Å²) in [4.78, 5) is 11.6. The number of phenolic OH excluding ortho intramolecular Hbond substituents is 1. The molecule has 0 unspecified atom stereocenters. The number of rotatable bonds is 4. The molecule has 0 aliphatic rings. The number of nitrogens with two attached hydrogens (primary N) is 1. The fourth-order valence-electron chi connectivity index (χ4n) is 1.24. The minimum atomic E-state index is -3.60. The zero-order chi connectivity index (χ0) is 13.1. The zero-order valence-corrected chi connectivity index (χ0v) is 10.1. The predicted octanol–water partition coefficient (Wildman–Crippen LogP) is -0.281. The van der Waals surface area contributed by atoms with Crippen molar-refractivity contribution in [3.05, 3.63) is 29.3 Å². The first-order valence-electron chi connectivity index (χ1n) is 4.88. The lowest BCUT2D eigenvalue weighted by Crippen LogP contribution is -2.31. The molecule has 0 fully saturated rings. The number of carbonyl (C=O) groups excluding carboxylic acids is 1. The normalized spacial score (nSPS) is 11.2. The Kier molecular flexibility index (Phi) is 4.08. The number of aryl methyl sites for hydroxylation is 1. The summed E-state index contributed by atoms with van der Waals surface area (Å²) < 4.78 is 21.3. The van der Waals surface area contributed by atoms with E-state index in [2.05, 4.69) is 5.32 Å². The van der Waals surface area contributed by atoms with Crippen molar-refractivity contribution in [1.29, 1.82) is 0 Å². The van der Waals surface area contributed by atoms with Crippen LogP contribution in [0.5, 0.6) is 5.75 Å². The number of phenols is 1. The van der Waals surface area contributed by atoms with Crippen LogP contribution in [0.25, 0.3) is 0 Å². The number of sulfonamides is 1. The molecular formula is C10H14N2O4S. The van der Waals surface area contributed by atoms with Crippen LogP contribution >= 0.6 is 0 Å². The second-order valence-electron chi connectivity index (χ2n) is 3.59. The first-order chi connectivity index (χ1) is 7.81. The fraction of sp³-hybridized carbons (Fsp3) is 0.300. The molecule has 1 aromatic rings. The topological polar surface area (TPSA) is 109 Å². The molecule has 6 nitrogen and oxygen atoms in total. The van der Waals surface area contributed by atoms with Crippen LogP contribution in [-0.2, 0) is 10.0 Å². The highest BCUT2D eigenvalue weighted by Gasteiger charge is 2.12. The number of amides is 1. The highest BCUT2D eigenvalue weighted by atomic mass is 32.2. The maximum Gasteiger partial charge on any atom is 0.255 e. The van der Waals surface area contributed by atoms with Crippen LogP contribution in [0.15, 0.2) is 18.2 Å². The van der Waals surface area contributed by atoms with Gasteiger partial charge in [0.2, 0.25) is 10.0 Å². The highest BCUT2D eigenvalue weighted by Crippen LogP contribution is 2.20. The summed E-state index contributed by atoms with van der Waals surface area (Å²) in [5, 5.41) is 16.8. The maximum atomic E-state index is 11.6. The highest BCUT2D eigenvalue weighted by molar-refractivity contribution is 7.89. The molecule has 1 aromatic carbocycles. The van der Waals surface area contributed by atoms with Gasteiger partial charge in [-0.15, -0.1) is 0 Å². The molecule has 1 amide bonds. The summed E-state index contributed by atoms with van der Waals surface area (Å²) in [5.41, 5.74) is 0.684. The predicted molar refractivity (Wildman–Crippen MR) is 63.2 cm³/mol. The minimum absolute atomic E-state index is 0.0922. The van der Waals surface area contributed by atoms with Crippen molar-refractivity contribution >= 4 is 15.9 Å². The zero-order valence-electron chi connectivity index (χ0n) is 9.30. The molecule has 0 aliphatic heterocycles. The van der Waals surface area contributed by atoms with Crippen LogP contribution < -0.4 is 10.5 Å². The largest absolute Gasteiger partial charge is 0.507 e. The number of benzene rings is 1. The molecule has 17 heavy (non-hydrogen) atoms. The molecule has 1 rings (SSSR count). The van der Waals surface area contributed by atoms with Crippen molar-refractivity contribution in [3.63, 3.8) is 0 Å². The van der Waals surface area contributed by atoms with E-state index in [1.807, 2.05) is 0 Å². The Labute approximate surface area is 99.5 Å². The van der Waals surface area contributed by atoms with Crippen LogP contribution in [0.2, 0.25) is 0 Å². The smallest absolute Gasteiger partial charge is 0.255 e. The Balaban J connectivity index is 2.68. The van der Waals surface area contributed by atoms with Gasteiger partial charge in [0.15, 0.2) is 0 Å². The number of aromatic hydroxyl groups is 1. The molecule has 4 N–H and O–H groups in total. The van der Waals surface area contributed by atoms with Crippen LogP contribution in [-0.4, -0.2) is 31.7 Å². The van der Waals surface area contributed by atoms with E-state index >= 15 is 0 Å². The fourth-order valence-corrected chi connectivity index (χ4v) is 1.63. The van der Waals surface area contributed by atoms with Gasteiger partial charge in [-0.3, -0.25) is 4.79 Å². The van der Waals surface area contributed by atoms with Gasteiger partial charge >= 0.3 is 0 Å². The molecule has 0 saturated heterocycles. The maximum absolute atomic E-state index is 11.6. The van der Waals surface area contributed by atoms with E-state index in [1.165, 1.54) is 6.07 Å². The first kappa shape index (κ1) is 13.5. The Bertz CT molecular complexity index is 525. The SMILES string of the molecule is Cc1cccc(C(=O)NCCS(N)(=O)=O)c1O. The number of carbonyl (C=O) groups is 1. The number of hydrogen-bond acceptors (Lipinski definition) is 4. The third kappa shape index (κ3) is 4.04. The van der Waals surface area contributed by atoms with Crippen molar-refractivity contribution < 1.29 is 18.3 Å². The molecule has 0 heterocycles. The molecule has 0 aliphatic carbocycles. The van der Waals surface area contributed by atoms with Gasteiger partial charge in [0.1, 0.15) is 5.75 Å². The van der Waals surface area contributed by atoms with Gasteiger partial charge in [0, 0.05) is 6.54 Å². The summed E-state index contributed by atoms with van der Waals surface area (Å²) in [6, 6.07) is 4.74. The van der Waals surface area contributed by atoms with Crippen LogP contribution in [0.4, 0.5) is 0 Å². The van der Waals surface area contributed by atoms with E-state index in [1.54, 1.807) is 19.1 Å². The Hall–Kier alpha value is -1.60. The second-order valence-corrected chi connectivity index (χ2v) is 5.33. The van der Waals surface area contributed by atoms with Gasteiger partial charge in [-0.1, -0.05) is 12.1 Å². The summed E-state index contributed by atoms with van der Waals surface area (Å²) in [7, 11) is -3.60. The molecular weight excluding hydrogens is 244 g/mol.